The maximum atomic E-state index is 12.9. The van der Waals surface area contributed by atoms with E-state index in [1.807, 2.05) is 0 Å². The maximum Gasteiger partial charge on any atom is 0.237 e. The summed E-state index contributed by atoms with van der Waals surface area (Å²) in [5.41, 5.74) is -0.716. The van der Waals surface area contributed by atoms with Crippen LogP contribution in [0.25, 0.3) is 0 Å². The summed E-state index contributed by atoms with van der Waals surface area (Å²) in [5.74, 6) is 1.02. The van der Waals surface area contributed by atoms with E-state index in [4.69, 9.17) is 27.9 Å². The number of amides is 1. The van der Waals surface area contributed by atoms with Gasteiger partial charge in [-0.25, -0.2) is 0 Å². The predicted molar refractivity (Wildman–Crippen MR) is 117 cm³/mol. The van der Waals surface area contributed by atoms with Crippen molar-refractivity contribution in [3.05, 3.63) is 0 Å². The predicted octanol–water partition coefficient (Wildman–Crippen LogP) is 1.05. The number of ether oxygens (including phenoxy) is 1. The minimum absolute atomic E-state index is 0.197. The molecule has 7 nitrogen and oxygen atoms in total. The zero-order chi connectivity index (χ0) is 21.6. The Kier molecular flexibility index (Phi) is 10.8. The average molecular weight is 473 g/mol. The van der Waals surface area contributed by atoms with Crippen molar-refractivity contribution in [1.29, 1.82) is 0 Å². The van der Waals surface area contributed by atoms with E-state index in [9.17, 15) is 20.1 Å². The SMILES string of the molecule is CS[C@H]1O[C@H]([C@H](NC(=O)C2CC[C@H](CCCCl)CCN2)[C@H](C)Cl)[C@H](O)[C@H](O)[C@H]1O. The van der Waals surface area contributed by atoms with Crippen LogP contribution >= 0.6 is 35.0 Å². The normalized spacial score (nSPS) is 38.1. The molecule has 170 valence electrons. The molecule has 2 rings (SSSR count). The highest BCUT2D eigenvalue weighted by molar-refractivity contribution is 7.99. The fourth-order valence-electron chi connectivity index (χ4n) is 4.08. The van der Waals surface area contributed by atoms with Crippen LogP contribution in [0.2, 0.25) is 0 Å². The van der Waals surface area contributed by atoms with Crippen LogP contribution in [0.15, 0.2) is 0 Å². The molecule has 2 fully saturated rings. The van der Waals surface area contributed by atoms with Crippen molar-refractivity contribution in [2.45, 2.75) is 86.3 Å². The first-order valence-corrected chi connectivity index (χ1v) is 12.5. The first-order chi connectivity index (χ1) is 13.8. The summed E-state index contributed by atoms with van der Waals surface area (Å²) >= 11 is 13.3. The topological polar surface area (TPSA) is 111 Å². The first-order valence-electron chi connectivity index (χ1n) is 10.3. The molecule has 1 unspecified atom stereocenters. The molecule has 2 aliphatic rings. The van der Waals surface area contributed by atoms with Gasteiger partial charge in [-0.2, -0.15) is 0 Å². The van der Waals surface area contributed by atoms with Gasteiger partial charge in [-0.05, 0) is 57.7 Å². The Labute approximate surface area is 187 Å². The second-order valence-corrected chi connectivity index (χ2v) is 9.96. The number of aliphatic hydroxyl groups excluding tert-OH is 3. The standard InChI is InChI=1S/C19H34Cl2N2O5S/c1-10(21)13(17-15(25)14(24)16(26)19(28-17)29-2)23-18(27)12-6-5-11(4-3-8-20)7-9-22-12/h10-17,19,22,24-26H,3-9H2,1-2H3,(H,23,27)/t10-,11-,12?,13+,14-,15+,16+,17+,19+/m0/s1. The monoisotopic (exact) mass is 472 g/mol. The quantitative estimate of drug-likeness (QED) is 0.335. The molecule has 0 aromatic carbocycles. The Bertz CT molecular complexity index is 517. The maximum absolute atomic E-state index is 12.9. The van der Waals surface area contributed by atoms with Crippen molar-refractivity contribution in [2.24, 2.45) is 5.92 Å². The number of thioether (sulfide) groups is 1. The van der Waals surface area contributed by atoms with E-state index in [0.717, 1.165) is 32.2 Å². The van der Waals surface area contributed by atoms with Gasteiger partial charge >= 0.3 is 0 Å². The molecule has 5 N–H and O–H groups in total. The summed E-state index contributed by atoms with van der Waals surface area (Å²) in [7, 11) is 0. The number of halogens is 2. The Morgan fingerprint density at radius 3 is 2.59 bits per heavy atom. The Morgan fingerprint density at radius 1 is 1.24 bits per heavy atom. The molecule has 0 saturated carbocycles. The van der Waals surface area contributed by atoms with Crippen LogP contribution in [0, 0.1) is 5.92 Å². The van der Waals surface area contributed by atoms with Gasteiger partial charge < -0.3 is 30.7 Å². The molecule has 2 aliphatic heterocycles. The Morgan fingerprint density at radius 2 is 1.97 bits per heavy atom. The second kappa shape index (κ2) is 12.3. The molecule has 10 heteroatoms. The second-order valence-electron chi connectivity index (χ2n) is 7.96. The number of aliphatic hydroxyl groups is 3. The molecule has 0 radical (unpaired) electrons. The first kappa shape index (κ1) is 25.5. The van der Waals surface area contributed by atoms with Gasteiger partial charge in [-0.3, -0.25) is 4.79 Å². The third kappa shape index (κ3) is 6.84. The van der Waals surface area contributed by atoms with E-state index >= 15 is 0 Å². The van der Waals surface area contributed by atoms with Crippen LogP contribution in [-0.2, 0) is 9.53 Å². The third-order valence-corrected chi connectivity index (χ3v) is 7.26. The number of alkyl halides is 2. The molecule has 0 aromatic heterocycles. The van der Waals surface area contributed by atoms with Crippen LogP contribution in [0.5, 0.6) is 0 Å². The van der Waals surface area contributed by atoms with Gasteiger partial charge in [-0.15, -0.1) is 35.0 Å². The summed E-state index contributed by atoms with van der Waals surface area (Å²) in [5, 5.41) is 36.4. The van der Waals surface area contributed by atoms with Crippen molar-refractivity contribution < 1.29 is 24.9 Å². The summed E-state index contributed by atoms with van der Waals surface area (Å²) < 4.78 is 5.80. The van der Waals surface area contributed by atoms with E-state index in [1.54, 1.807) is 13.2 Å². The lowest BCUT2D eigenvalue weighted by molar-refractivity contribution is -0.205. The van der Waals surface area contributed by atoms with E-state index < -0.39 is 41.3 Å². The summed E-state index contributed by atoms with van der Waals surface area (Å²) in [6, 6.07) is -1.06. The lowest BCUT2D eigenvalue weighted by atomic mass is 9.92. The third-order valence-electron chi connectivity index (χ3n) is 5.87. The molecular formula is C19H34Cl2N2O5S. The van der Waals surface area contributed by atoms with Crippen LogP contribution in [-0.4, -0.2) is 87.2 Å². The van der Waals surface area contributed by atoms with Crippen molar-refractivity contribution in [2.75, 3.05) is 18.7 Å². The number of nitrogens with one attached hydrogen (secondary N) is 2. The van der Waals surface area contributed by atoms with Gasteiger partial charge in [0, 0.05) is 5.88 Å². The smallest absolute Gasteiger partial charge is 0.237 e. The zero-order valence-corrected chi connectivity index (χ0v) is 19.3. The van der Waals surface area contributed by atoms with E-state index in [2.05, 4.69) is 10.6 Å². The van der Waals surface area contributed by atoms with Crippen molar-refractivity contribution in [3.63, 3.8) is 0 Å². The molecular weight excluding hydrogens is 439 g/mol. The van der Waals surface area contributed by atoms with E-state index in [0.29, 0.717) is 18.2 Å². The molecule has 29 heavy (non-hydrogen) atoms. The minimum Gasteiger partial charge on any atom is -0.388 e. The van der Waals surface area contributed by atoms with Gasteiger partial charge in [0.25, 0.3) is 0 Å². The average Bonchev–Trinajstić information content (AvgIpc) is 2.95. The van der Waals surface area contributed by atoms with Gasteiger partial charge in [-0.1, -0.05) is 0 Å². The fourth-order valence-corrected chi connectivity index (χ4v) is 5.12. The van der Waals surface area contributed by atoms with E-state index in [1.165, 1.54) is 11.8 Å². The van der Waals surface area contributed by atoms with Crippen LogP contribution < -0.4 is 10.6 Å². The Hall–Kier alpha value is 0.200. The number of hydrogen-bond acceptors (Lipinski definition) is 7. The Balaban J connectivity index is 2.01. The van der Waals surface area contributed by atoms with Gasteiger partial charge in [0.1, 0.15) is 29.9 Å². The summed E-state index contributed by atoms with van der Waals surface area (Å²) in [4.78, 5) is 12.9. The van der Waals surface area contributed by atoms with Gasteiger partial charge in [0.2, 0.25) is 5.91 Å². The largest absolute Gasteiger partial charge is 0.388 e. The van der Waals surface area contributed by atoms with Crippen LogP contribution in [0.1, 0.15) is 39.0 Å². The zero-order valence-electron chi connectivity index (χ0n) is 17.0. The van der Waals surface area contributed by atoms with E-state index in [-0.39, 0.29) is 11.9 Å². The van der Waals surface area contributed by atoms with Gasteiger partial charge in [0.05, 0.1) is 17.5 Å². The van der Waals surface area contributed by atoms with Gasteiger partial charge in [0.15, 0.2) is 0 Å². The molecule has 9 atom stereocenters. The molecule has 0 aliphatic carbocycles. The number of carbonyl (C=O) groups excluding carboxylic acids is 1. The number of hydrogen-bond donors (Lipinski definition) is 5. The molecule has 2 saturated heterocycles. The highest BCUT2D eigenvalue weighted by atomic mass is 35.5. The minimum atomic E-state index is -1.38. The highest BCUT2D eigenvalue weighted by Gasteiger charge is 2.48. The number of rotatable bonds is 8. The highest BCUT2D eigenvalue weighted by Crippen LogP contribution is 2.30. The molecule has 2 heterocycles. The van der Waals surface area contributed by atoms with Crippen molar-refractivity contribution in [1.82, 2.24) is 10.6 Å². The molecule has 0 aromatic rings. The molecule has 1 amide bonds. The van der Waals surface area contributed by atoms with Crippen LogP contribution in [0.4, 0.5) is 0 Å². The number of carbonyl (C=O) groups is 1. The van der Waals surface area contributed by atoms with Crippen molar-refractivity contribution in [3.8, 4) is 0 Å². The summed E-state index contributed by atoms with van der Waals surface area (Å²) in [6.45, 7) is 2.46. The molecule has 0 spiro atoms. The lowest BCUT2D eigenvalue weighted by Gasteiger charge is -2.44. The van der Waals surface area contributed by atoms with Crippen LogP contribution in [0.3, 0.4) is 0 Å². The fraction of sp³-hybridized carbons (Fsp3) is 0.947. The lowest BCUT2D eigenvalue weighted by Crippen LogP contribution is -2.65. The van der Waals surface area contributed by atoms with Crippen molar-refractivity contribution >= 4 is 40.9 Å². The summed E-state index contributed by atoms with van der Waals surface area (Å²) in [6.07, 6.45) is 1.59. The molecule has 0 bridgehead atoms.